The molecule has 1 heterocycles. The van der Waals surface area contributed by atoms with Crippen molar-refractivity contribution < 1.29 is 22.0 Å². The average Bonchev–Trinajstić information content (AvgIpc) is 2.68. The van der Waals surface area contributed by atoms with E-state index in [2.05, 4.69) is 5.32 Å². The molecule has 1 aliphatic heterocycles. The largest absolute Gasteiger partial charge is 0.352 e. The Morgan fingerprint density at radius 3 is 2.25 bits per heavy atom. The third kappa shape index (κ3) is 4.94. The van der Waals surface area contributed by atoms with Crippen molar-refractivity contribution >= 4 is 15.9 Å². The zero-order valence-corrected chi connectivity index (χ0v) is 16.1. The van der Waals surface area contributed by atoms with E-state index in [9.17, 15) is 22.0 Å². The van der Waals surface area contributed by atoms with Crippen molar-refractivity contribution in [3.05, 3.63) is 65.7 Å². The number of nitrogens with one attached hydrogen (secondary N) is 1. The summed E-state index contributed by atoms with van der Waals surface area (Å²) in [4.78, 5) is 12.4. The van der Waals surface area contributed by atoms with Gasteiger partial charge < -0.3 is 5.32 Å². The molecule has 5 nitrogen and oxygen atoms in total. The highest BCUT2D eigenvalue weighted by Crippen LogP contribution is 2.27. The summed E-state index contributed by atoms with van der Waals surface area (Å²) in [5.41, 5.74) is 0.759. The van der Waals surface area contributed by atoms with Gasteiger partial charge in [-0.3, -0.25) is 4.79 Å². The zero-order valence-electron chi connectivity index (χ0n) is 15.3. The van der Waals surface area contributed by atoms with E-state index in [0.29, 0.717) is 19.4 Å². The van der Waals surface area contributed by atoms with Crippen LogP contribution in [0.4, 0.5) is 8.78 Å². The van der Waals surface area contributed by atoms with Crippen molar-refractivity contribution in [2.75, 3.05) is 6.54 Å². The zero-order chi connectivity index (χ0) is 20.1. The van der Waals surface area contributed by atoms with Crippen molar-refractivity contribution in [2.45, 2.75) is 43.2 Å². The number of carbonyl (C=O) groups is 1. The van der Waals surface area contributed by atoms with Crippen LogP contribution in [0.5, 0.6) is 0 Å². The third-order valence-electron chi connectivity index (χ3n) is 4.82. The standard InChI is InChI=1S/C20H22F2N2O3S/c21-16-6-4-15(5-7-16)14-23-20(25)13-18-3-1-2-12-24(18)28(26,27)19-10-8-17(22)9-11-19/h4-11,18H,1-3,12-14H2,(H,23,25)/t18-/m1/s1. The molecule has 1 fully saturated rings. The predicted molar refractivity (Wildman–Crippen MR) is 101 cm³/mol. The van der Waals surface area contributed by atoms with Crippen LogP contribution in [0.1, 0.15) is 31.2 Å². The first-order valence-electron chi connectivity index (χ1n) is 9.15. The van der Waals surface area contributed by atoms with Crippen LogP contribution in [0.2, 0.25) is 0 Å². The highest BCUT2D eigenvalue weighted by molar-refractivity contribution is 7.89. The van der Waals surface area contributed by atoms with Gasteiger partial charge in [0, 0.05) is 25.6 Å². The van der Waals surface area contributed by atoms with Gasteiger partial charge in [-0.15, -0.1) is 0 Å². The molecule has 1 amide bonds. The van der Waals surface area contributed by atoms with Crippen molar-refractivity contribution in [2.24, 2.45) is 0 Å². The van der Waals surface area contributed by atoms with Gasteiger partial charge in [0.15, 0.2) is 0 Å². The fourth-order valence-corrected chi connectivity index (χ4v) is 5.02. The molecule has 0 bridgehead atoms. The highest BCUT2D eigenvalue weighted by atomic mass is 32.2. The van der Waals surface area contributed by atoms with Gasteiger partial charge in [-0.05, 0) is 54.8 Å². The smallest absolute Gasteiger partial charge is 0.243 e. The predicted octanol–water partition coefficient (Wildman–Crippen LogP) is 3.21. The van der Waals surface area contributed by atoms with Crippen molar-refractivity contribution in [3.8, 4) is 0 Å². The first kappa shape index (κ1) is 20.4. The van der Waals surface area contributed by atoms with E-state index >= 15 is 0 Å². The summed E-state index contributed by atoms with van der Waals surface area (Å²) >= 11 is 0. The Kier molecular flexibility index (Phi) is 6.41. The number of hydrogen-bond donors (Lipinski definition) is 1. The van der Waals surface area contributed by atoms with Crippen LogP contribution in [-0.2, 0) is 21.4 Å². The minimum absolute atomic E-state index is 0.0209. The molecule has 0 unspecified atom stereocenters. The second kappa shape index (κ2) is 8.79. The lowest BCUT2D eigenvalue weighted by molar-refractivity contribution is -0.122. The minimum Gasteiger partial charge on any atom is -0.352 e. The maximum absolute atomic E-state index is 13.1. The fourth-order valence-electron chi connectivity index (χ4n) is 3.33. The first-order valence-corrected chi connectivity index (χ1v) is 10.6. The number of piperidine rings is 1. The average molecular weight is 408 g/mol. The number of halogens is 2. The number of rotatable bonds is 6. The molecule has 3 rings (SSSR count). The molecule has 2 aromatic rings. The van der Waals surface area contributed by atoms with E-state index in [0.717, 1.165) is 24.1 Å². The summed E-state index contributed by atoms with van der Waals surface area (Å²) in [7, 11) is -3.80. The molecule has 2 aromatic carbocycles. The molecule has 28 heavy (non-hydrogen) atoms. The van der Waals surface area contributed by atoms with E-state index in [-0.39, 0.29) is 29.6 Å². The first-order chi connectivity index (χ1) is 13.4. The number of nitrogens with zero attached hydrogens (tertiary/aromatic N) is 1. The molecule has 1 saturated heterocycles. The molecule has 1 atom stereocenters. The van der Waals surface area contributed by atoms with Crippen molar-refractivity contribution in [1.82, 2.24) is 9.62 Å². The topological polar surface area (TPSA) is 66.5 Å². The monoisotopic (exact) mass is 408 g/mol. The summed E-state index contributed by atoms with van der Waals surface area (Å²) in [5.74, 6) is -1.12. The second-order valence-electron chi connectivity index (χ2n) is 6.83. The van der Waals surface area contributed by atoms with Crippen LogP contribution >= 0.6 is 0 Å². The normalized spacial score (nSPS) is 18.0. The van der Waals surface area contributed by atoms with Crippen LogP contribution in [0.3, 0.4) is 0 Å². The Balaban J connectivity index is 1.66. The van der Waals surface area contributed by atoms with Gasteiger partial charge >= 0.3 is 0 Å². The van der Waals surface area contributed by atoms with Gasteiger partial charge in [0.1, 0.15) is 11.6 Å². The van der Waals surface area contributed by atoms with Crippen LogP contribution in [-0.4, -0.2) is 31.2 Å². The molecule has 150 valence electrons. The fraction of sp³-hybridized carbons (Fsp3) is 0.350. The lowest BCUT2D eigenvalue weighted by Crippen LogP contribution is -2.45. The Labute approximate surface area is 163 Å². The van der Waals surface area contributed by atoms with E-state index in [1.54, 1.807) is 12.1 Å². The van der Waals surface area contributed by atoms with Gasteiger partial charge in [0.2, 0.25) is 15.9 Å². The van der Waals surface area contributed by atoms with E-state index < -0.39 is 21.9 Å². The Morgan fingerprint density at radius 1 is 1.00 bits per heavy atom. The second-order valence-corrected chi connectivity index (χ2v) is 8.72. The van der Waals surface area contributed by atoms with Crippen LogP contribution in [0.15, 0.2) is 53.4 Å². The molecule has 0 spiro atoms. The molecule has 1 aliphatic rings. The summed E-state index contributed by atoms with van der Waals surface area (Å²) in [6, 6.07) is 10.1. The Hall–Kier alpha value is -2.32. The number of amides is 1. The molecule has 0 aromatic heterocycles. The van der Waals surface area contributed by atoms with Crippen LogP contribution < -0.4 is 5.32 Å². The quantitative estimate of drug-likeness (QED) is 0.798. The number of carbonyl (C=O) groups excluding carboxylic acids is 1. The van der Waals surface area contributed by atoms with Gasteiger partial charge in [-0.25, -0.2) is 17.2 Å². The lowest BCUT2D eigenvalue weighted by atomic mass is 10.0. The van der Waals surface area contributed by atoms with Gasteiger partial charge in [0.25, 0.3) is 0 Å². The molecule has 8 heteroatoms. The minimum atomic E-state index is -3.80. The van der Waals surface area contributed by atoms with Gasteiger partial charge in [-0.2, -0.15) is 4.31 Å². The molecule has 0 radical (unpaired) electrons. The molecular formula is C20H22F2N2O3S. The van der Waals surface area contributed by atoms with Crippen molar-refractivity contribution in [1.29, 1.82) is 0 Å². The Bertz CT molecular complexity index is 915. The summed E-state index contributed by atoms with van der Waals surface area (Å²) in [5, 5.41) is 2.75. The van der Waals surface area contributed by atoms with Gasteiger partial charge in [-0.1, -0.05) is 18.6 Å². The summed E-state index contributed by atoms with van der Waals surface area (Å²) in [6.45, 7) is 0.576. The van der Waals surface area contributed by atoms with Crippen molar-refractivity contribution in [3.63, 3.8) is 0 Å². The van der Waals surface area contributed by atoms with E-state index in [4.69, 9.17) is 0 Å². The molecule has 0 saturated carbocycles. The maximum Gasteiger partial charge on any atom is 0.243 e. The Morgan fingerprint density at radius 2 is 1.61 bits per heavy atom. The highest BCUT2D eigenvalue weighted by Gasteiger charge is 2.34. The number of hydrogen-bond acceptors (Lipinski definition) is 3. The lowest BCUT2D eigenvalue weighted by Gasteiger charge is -2.34. The number of benzene rings is 2. The molecule has 1 N–H and O–H groups in total. The number of sulfonamides is 1. The molecule has 0 aliphatic carbocycles. The third-order valence-corrected chi connectivity index (χ3v) is 6.78. The van der Waals surface area contributed by atoms with Crippen LogP contribution in [0, 0.1) is 11.6 Å². The summed E-state index contributed by atoms with van der Waals surface area (Å²) < 4.78 is 53.3. The van der Waals surface area contributed by atoms with Gasteiger partial charge in [0.05, 0.1) is 4.90 Å². The van der Waals surface area contributed by atoms with Crippen LogP contribution in [0.25, 0.3) is 0 Å². The SMILES string of the molecule is O=C(C[C@H]1CCCCN1S(=O)(=O)c1ccc(F)cc1)NCc1ccc(F)cc1. The molecular weight excluding hydrogens is 386 g/mol. The van der Waals surface area contributed by atoms with E-state index in [1.165, 1.54) is 28.6 Å². The summed E-state index contributed by atoms with van der Waals surface area (Å²) in [6.07, 6.45) is 2.19. The maximum atomic E-state index is 13.1. The van der Waals surface area contributed by atoms with E-state index in [1.807, 2.05) is 0 Å².